The van der Waals surface area contributed by atoms with Crippen molar-refractivity contribution in [2.75, 3.05) is 0 Å². The van der Waals surface area contributed by atoms with Crippen LogP contribution in [0, 0.1) is 0 Å². The summed E-state index contributed by atoms with van der Waals surface area (Å²) < 4.78 is 0. The Morgan fingerprint density at radius 2 is 2.07 bits per heavy atom. The number of nitrogens with two attached hydrogens (primary N) is 1. The standard InChI is InChI=1S/C12H14N2O/c1-9-7-12(13,14-11(9)8-15)10-5-3-2-4-6-10/h2-8,11,14H,13H2,1H3. The summed E-state index contributed by atoms with van der Waals surface area (Å²) in [5.41, 5.74) is 7.41. The fourth-order valence-corrected chi connectivity index (χ4v) is 1.88. The van der Waals surface area contributed by atoms with Gasteiger partial charge >= 0.3 is 0 Å². The number of aldehydes is 1. The van der Waals surface area contributed by atoms with E-state index >= 15 is 0 Å². The lowest BCUT2D eigenvalue weighted by Crippen LogP contribution is -2.49. The first-order valence-corrected chi connectivity index (χ1v) is 4.92. The summed E-state index contributed by atoms with van der Waals surface area (Å²) in [6.07, 6.45) is 2.78. The number of rotatable bonds is 2. The molecule has 0 aliphatic carbocycles. The van der Waals surface area contributed by atoms with Crippen LogP contribution < -0.4 is 11.1 Å². The molecule has 2 atom stereocenters. The van der Waals surface area contributed by atoms with Gasteiger partial charge in [0, 0.05) is 0 Å². The quantitative estimate of drug-likeness (QED) is 0.553. The SMILES string of the molecule is CC1=CC(N)(c2ccccc2)NC1C=O. The van der Waals surface area contributed by atoms with Gasteiger partial charge in [0.25, 0.3) is 0 Å². The molecule has 3 heteroatoms. The molecule has 1 aromatic rings. The highest BCUT2D eigenvalue weighted by Gasteiger charge is 2.34. The second-order valence-electron chi connectivity index (χ2n) is 3.88. The Balaban J connectivity index is 2.35. The first-order valence-electron chi connectivity index (χ1n) is 4.92. The van der Waals surface area contributed by atoms with E-state index in [0.29, 0.717) is 0 Å². The first-order chi connectivity index (χ1) is 7.15. The summed E-state index contributed by atoms with van der Waals surface area (Å²) >= 11 is 0. The van der Waals surface area contributed by atoms with Gasteiger partial charge in [0.05, 0.1) is 6.04 Å². The molecule has 1 aromatic carbocycles. The van der Waals surface area contributed by atoms with Crippen molar-refractivity contribution in [1.29, 1.82) is 0 Å². The molecule has 3 nitrogen and oxygen atoms in total. The summed E-state index contributed by atoms with van der Waals surface area (Å²) in [6, 6.07) is 9.44. The predicted octanol–water partition coefficient (Wildman–Crippen LogP) is 0.915. The lowest BCUT2D eigenvalue weighted by atomic mass is 10.0. The maximum Gasteiger partial charge on any atom is 0.141 e. The van der Waals surface area contributed by atoms with Crippen LogP contribution in [0.15, 0.2) is 42.0 Å². The highest BCUT2D eigenvalue weighted by molar-refractivity contribution is 5.65. The van der Waals surface area contributed by atoms with Crippen molar-refractivity contribution < 1.29 is 4.79 Å². The molecule has 3 N–H and O–H groups in total. The Bertz CT molecular complexity index is 399. The van der Waals surface area contributed by atoms with Crippen LogP contribution in [0.25, 0.3) is 0 Å². The van der Waals surface area contributed by atoms with Crippen molar-refractivity contribution in [3.63, 3.8) is 0 Å². The zero-order valence-electron chi connectivity index (χ0n) is 8.60. The number of benzene rings is 1. The Kier molecular flexibility index (Phi) is 2.42. The summed E-state index contributed by atoms with van der Waals surface area (Å²) in [5.74, 6) is 0. The third-order valence-electron chi connectivity index (χ3n) is 2.73. The predicted molar refractivity (Wildman–Crippen MR) is 59.1 cm³/mol. The summed E-state index contributed by atoms with van der Waals surface area (Å²) in [7, 11) is 0. The Labute approximate surface area is 89.0 Å². The Morgan fingerprint density at radius 1 is 1.40 bits per heavy atom. The number of carbonyl (C=O) groups is 1. The zero-order valence-corrected chi connectivity index (χ0v) is 8.60. The van der Waals surface area contributed by atoms with E-state index in [1.165, 1.54) is 0 Å². The van der Waals surface area contributed by atoms with Crippen molar-refractivity contribution in [2.45, 2.75) is 18.6 Å². The third kappa shape index (κ3) is 1.71. The molecule has 0 bridgehead atoms. The minimum absolute atomic E-state index is 0.268. The second-order valence-corrected chi connectivity index (χ2v) is 3.88. The van der Waals surface area contributed by atoms with Gasteiger partial charge in [-0.15, -0.1) is 0 Å². The molecule has 0 saturated heterocycles. The molecule has 0 aromatic heterocycles. The minimum Gasteiger partial charge on any atom is -0.306 e. The normalized spacial score (nSPS) is 30.0. The van der Waals surface area contributed by atoms with E-state index in [1.807, 2.05) is 43.3 Å². The third-order valence-corrected chi connectivity index (χ3v) is 2.73. The maximum atomic E-state index is 10.8. The van der Waals surface area contributed by atoms with Crippen molar-refractivity contribution >= 4 is 6.29 Å². The zero-order chi connectivity index (χ0) is 10.9. The van der Waals surface area contributed by atoms with Crippen LogP contribution in [0.5, 0.6) is 0 Å². The molecule has 78 valence electrons. The largest absolute Gasteiger partial charge is 0.306 e. The van der Waals surface area contributed by atoms with Gasteiger partial charge in [0.15, 0.2) is 0 Å². The number of carbonyl (C=O) groups excluding carboxylic acids is 1. The van der Waals surface area contributed by atoms with Crippen LogP contribution in [-0.2, 0) is 10.5 Å². The van der Waals surface area contributed by atoms with E-state index in [0.717, 1.165) is 17.4 Å². The minimum atomic E-state index is -0.711. The van der Waals surface area contributed by atoms with E-state index in [1.54, 1.807) is 0 Å². The van der Waals surface area contributed by atoms with Crippen LogP contribution in [0.1, 0.15) is 12.5 Å². The lowest BCUT2D eigenvalue weighted by molar-refractivity contribution is -0.108. The Hall–Kier alpha value is -1.45. The van der Waals surface area contributed by atoms with Crippen LogP contribution in [0.2, 0.25) is 0 Å². The number of nitrogens with one attached hydrogen (secondary N) is 1. The molecule has 2 rings (SSSR count). The highest BCUT2D eigenvalue weighted by Crippen LogP contribution is 2.25. The fraction of sp³-hybridized carbons (Fsp3) is 0.250. The highest BCUT2D eigenvalue weighted by atomic mass is 16.1. The summed E-state index contributed by atoms with van der Waals surface area (Å²) in [6.45, 7) is 1.91. The average molecular weight is 202 g/mol. The van der Waals surface area contributed by atoms with Gasteiger partial charge in [-0.05, 0) is 24.1 Å². The first kappa shape index (κ1) is 10.1. The molecule has 0 spiro atoms. The van der Waals surface area contributed by atoms with Gasteiger partial charge in [-0.1, -0.05) is 30.3 Å². The van der Waals surface area contributed by atoms with E-state index in [9.17, 15) is 4.79 Å². The van der Waals surface area contributed by atoms with Gasteiger partial charge in [-0.2, -0.15) is 0 Å². The smallest absolute Gasteiger partial charge is 0.141 e. The van der Waals surface area contributed by atoms with Crippen molar-refractivity contribution in [1.82, 2.24) is 5.32 Å². The van der Waals surface area contributed by atoms with Crippen LogP contribution >= 0.6 is 0 Å². The monoisotopic (exact) mass is 202 g/mol. The molecule has 0 saturated carbocycles. The van der Waals surface area contributed by atoms with E-state index in [4.69, 9.17) is 5.73 Å². The molecule has 15 heavy (non-hydrogen) atoms. The van der Waals surface area contributed by atoms with Gasteiger partial charge in [-0.25, -0.2) is 0 Å². The second kappa shape index (κ2) is 3.61. The van der Waals surface area contributed by atoms with Gasteiger partial charge in [0.1, 0.15) is 11.9 Å². The fourth-order valence-electron chi connectivity index (χ4n) is 1.88. The van der Waals surface area contributed by atoms with Gasteiger partial charge < -0.3 is 10.5 Å². The molecular formula is C12H14N2O. The molecule has 0 fully saturated rings. The van der Waals surface area contributed by atoms with Crippen molar-refractivity contribution in [2.24, 2.45) is 5.73 Å². The van der Waals surface area contributed by atoms with Gasteiger partial charge in [0.2, 0.25) is 0 Å². The van der Waals surface area contributed by atoms with E-state index in [-0.39, 0.29) is 6.04 Å². The molecule has 1 aliphatic heterocycles. The van der Waals surface area contributed by atoms with Crippen molar-refractivity contribution in [3.8, 4) is 0 Å². The topological polar surface area (TPSA) is 55.1 Å². The lowest BCUT2D eigenvalue weighted by Gasteiger charge is -2.24. The number of hydrogen-bond acceptors (Lipinski definition) is 3. The summed E-state index contributed by atoms with van der Waals surface area (Å²) in [4.78, 5) is 10.8. The van der Waals surface area contributed by atoms with Crippen LogP contribution in [0.3, 0.4) is 0 Å². The van der Waals surface area contributed by atoms with Gasteiger partial charge in [-0.3, -0.25) is 5.32 Å². The van der Waals surface area contributed by atoms with Crippen LogP contribution in [-0.4, -0.2) is 12.3 Å². The van der Waals surface area contributed by atoms with E-state index < -0.39 is 5.66 Å². The average Bonchev–Trinajstić information content (AvgIpc) is 2.56. The molecule has 1 heterocycles. The molecule has 1 aliphatic rings. The number of hydrogen-bond donors (Lipinski definition) is 2. The maximum absolute atomic E-state index is 10.8. The molecule has 2 unspecified atom stereocenters. The summed E-state index contributed by atoms with van der Waals surface area (Å²) in [5, 5.41) is 3.10. The van der Waals surface area contributed by atoms with Crippen molar-refractivity contribution in [3.05, 3.63) is 47.5 Å². The van der Waals surface area contributed by atoms with E-state index in [2.05, 4.69) is 5.32 Å². The molecule has 0 amide bonds. The molecular weight excluding hydrogens is 188 g/mol. The van der Waals surface area contributed by atoms with Crippen LogP contribution in [0.4, 0.5) is 0 Å². The Morgan fingerprint density at radius 3 is 2.60 bits per heavy atom. The molecule has 0 radical (unpaired) electrons.